The summed E-state index contributed by atoms with van der Waals surface area (Å²) in [5, 5.41) is 2.14. The number of hydrogen-bond donors (Lipinski definition) is 2. The Hall–Kier alpha value is -0.600. The topological polar surface area (TPSA) is 85.1 Å². The Labute approximate surface area is 132 Å². The van der Waals surface area contributed by atoms with Gasteiger partial charge in [0.1, 0.15) is 0 Å². The molecule has 0 aliphatic rings. The Balaban J connectivity index is 0.00000162. The molecule has 2 aromatic rings. The zero-order valence-electron chi connectivity index (χ0n) is 10.0. The molecule has 0 saturated heterocycles. The fraction of sp³-hybridized carbons (Fsp3) is 0.100. The van der Waals surface area contributed by atoms with E-state index in [0.29, 0.717) is 10.8 Å². The van der Waals surface area contributed by atoms with Crippen LogP contribution in [0.25, 0.3) is 0 Å². The molecule has 0 amide bonds. The maximum atomic E-state index is 11.9. The van der Waals surface area contributed by atoms with Crippen molar-refractivity contribution in [2.45, 2.75) is 11.8 Å². The van der Waals surface area contributed by atoms with Crippen molar-refractivity contribution < 1.29 is 38.0 Å². The van der Waals surface area contributed by atoms with Gasteiger partial charge >= 0.3 is 29.6 Å². The summed E-state index contributed by atoms with van der Waals surface area (Å²) < 4.78 is 26.3. The van der Waals surface area contributed by atoms with Gasteiger partial charge in [-0.15, -0.1) is 11.3 Å². The van der Waals surface area contributed by atoms with Gasteiger partial charge in [0.25, 0.3) is 10.0 Å². The predicted molar refractivity (Wildman–Crippen MR) is 68.5 cm³/mol. The van der Waals surface area contributed by atoms with Crippen molar-refractivity contribution in [3.63, 3.8) is 0 Å². The molecule has 0 atom stereocenters. The first kappa shape index (κ1) is 15.5. The monoisotopic (exact) mass is 292 g/mol. The van der Waals surface area contributed by atoms with E-state index in [2.05, 4.69) is 9.71 Å². The van der Waals surface area contributed by atoms with Crippen molar-refractivity contribution in [1.82, 2.24) is 4.98 Å². The van der Waals surface area contributed by atoms with Crippen LogP contribution in [0.3, 0.4) is 0 Å². The van der Waals surface area contributed by atoms with Gasteiger partial charge in [-0.3, -0.25) is 4.72 Å². The second kappa shape index (κ2) is 6.03. The Morgan fingerprint density at radius 2 is 1.89 bits per heavy atom. The van der Waals surface area contributed by atoms with Crippen LogP contribution in [0, 0.1) is 6.92 Å². The average molecular weight is 292 g/mol. The molecule has 0 aliphatic carbocycles. The Morgan fingerprint density at radius 1 is 1.28 bits per heavy atom. The second-order valence-electron chi connectivity index (χ2n) is 3.47. The molecule has 0 unspecified atom stereocenters. The number of nitrogens with one attached hydrogen (secondary N) is 1. The molecule has 0 saturated carbocycles. The molecule has 1 heterocycles. The minimum absolute atomic E-state index is 0. The summed E-state index contributed by atoms with van der Waals surface area (Å²) in [5.74, 6) is 0. The molecule has 0 spiro atoms. The number of anilines is 2. The molecule has 0 bridgehead atoms. The Morgan fingerprint density at radius 3 is 2.39 bits per heavy atom. The van der Waals surface area contributed by atoms with E-state index in [1.54, 1.807) is 24.4 Å². The van der Waals surface area contributed by atoms with Gasteiger partial charge in [0.15, 0.2) is 5.13 Å². The molecule has 1 aromatic heterocycles. The molecule has 90 valence electrons. The third-order valence-corrected chi connectivity index (χ3v) is 4.39. The number of nitrogens with two attached hydrogens (primary N) is 1. The summed E-state index contributed by atoms with van der Waals surface area (Å²) in [5.41, 5.74) is 6.81. The van der Waals surface area contributed by atoms with Gasteiger partial charge in [-0.1, -0.05) is 0 Å². The number of benzene rings is 1. The minimum Gasteiger partial charge on any atom is -0.399 e. The first-order valence-corrected chi connectivity index (χ1v) is 7.14. The van der Waals surface area contributed by atoms with Gasteiger partial charge in [-0.25, -0.2) is 13.4 Å². The van der Waals surface area contributed by atoms with Gasteiger partial charge in [0.2, 0.25) is 0 Å². The number of sulfonamides is 1. The quantitative estimate of drug-likeness (QED) is 0.552. The SMILES string of the molecule is Cc1csc(NS(=O)(=O)c2ccc(N)cc2)n1.[Na+]. The summed E-state index contributed by atoms with van der Waals surface area (Å²) in [7, 11) is -3.57. The van der Waals surface area contributed by atoms with Gasteiger partial charge in [0.05, 0.1) is 10.6 Å². The van der Waals surface area contributed by atoms with Crippen LogP contribution in [0.5, 0.6) is 0 Å². The van der Waals surface area contributed by atoms with E-state index in [9.17, 15) is 8.42 Å². The van der Waals surface area contributed by atoms with E-state index in [1.165, 1.54) is 23.5 Å². The largest absolute Gasteiger partial charge is 1.00 e. The molecule has 5 nitrogen and oxygen atoms in total. The summed E-state index contributed by atoms with van der Waals surface area (Å²) in [6.45, 7) is 1.80. The molecule has 18 heavy (non-hydrogen) atoms. The number of thiazole rings is 1. The van der Waals surface area contributed by atoms with Crippen molar-refractivity contribution >= 4 is 32.2 Å². The minimum atomic E-state index is -3.57. The summed E-state index contributed by atoms with van der Waals surface area (Å²) >= 11 is 1.25. The molecular formula is C10H11N3NaO2S2+. The van der Waals surface area contributed by atoms with E-state index in [4.69, 9.17) is 5.73 Å². The third kappa shape index (κ3) is 3.69. The summed E-state index contributed by atoms with van der Waals surface area (Å²) in [4.78, 5) is 4.21. The van der Waals surface area contributed by atoms with Gasteiger partial charge in [-0.05, 0) is 31.2 Å². The molecule has 1 aromatic carbocycles. The van der Waals surface area contributed by atoms with Crippen LogP contribution in [0.4, 0.5) is 10.8 Å². The van der Waals surface area contributed by atoms with Crippen LogP contribution in [0.15, 0.2) is 34.5 Å². The standard InChI is InChI=1S/C10H11N3O2S2.Na/c1-7-6-16-10(12-7)13-17(14,15)9-4-2-8(11)3-5-9;/h2-6H,11H2,1H3,(H,12,13);/q;+1. The van der Waals surface area contributed by atoms with Crippen LogP contribution >= 0.6 is 11.3 Å². The van der Waals surface area contributed by atoms with Gasteiger partial charge < -0.3 is 5.73 Å². The third-order valence-electron chi connectivity index (χ3n) is 2.03. The number of aromatic nitrogens is 1. The zero-order chi connectivity index (χ0) is 12.5. The number of nitrogen functional groups attached to an aromatic ring is 1. The van der Waals surface area contributed by atoms with E-state index in [-0.39, 0.29) is 34.5 Å². The number of hydrogen-bond acceptors (Lipinski definition) is 5. The maximum Gasteiger partial charge on any atom is 1.00 e. The fourth-order valence-electron chi connectivity index (χ4n) is 1.22. The first-order chi connectivity index (χ1) is 7.97. The molecule has 8 heteroatoms. The Kier molecular flexibility index (Phi) is 5.18. The van der Waals surface area contributed by atoms with Crippen molar-refractivity contribution in [3.05, 3.63) is 35.3 Å². The van der Waals surface area contributed by atoms with Crippen LogP contribution in [-0.2, 0) is 10.0 Å². The average Bonchev–Trinajstić information content (AvgIpc) is 2.63. The van der Waals surface area contributed by atoms with E-state index in [0.717, 1.165) is 5.69 Å². The maximum absolute atomic E-state index is 11.9. The zero-order valence-corrected chi connectivity index (χ0v) is 13.7. The van der Waals surface area contributed by atoms with Crippen LogP contribution in [-0.4, -0.2) is 13.4 Å². The van der Waals surface area contributed by atoms with E-state index < -0.39 is 10.0 Å². The van der Waals surface area contributed by atoms with Gasteiger partial charge in [0, 0.05) is 11.1 Å². The normalized spacial score (nSPS) is 10.7. The van der Waals surface area contributed by atoms with Crippen LogP contribution < -0.4 is 40.0 Å². The molecule has 0 radical (unpaired) electrons. The first-order valence-electron chi connectivity index (χ1n) is 4.78. The van der Waals surface area contributed by atoms with Crippen LogP contribution in [0.2, 0.25) is 0 Å². The number of rotatable bonds is 3. The van der Waals surface area contributed by atoms with E-state index >= 15 is 0 Å². The molecule has 0 fully saturated rings. The number of aryl methyl sites for hydroxylation is 1. The molecular weight excluding hydrogens is 281 g/mol. The van der Waals surface area contributed by atoms with Crippen molar-refractivity contribution in [2.24, 2.45) is 0 Å². The summed E-state index contributed by atoms with van der Waals surface area (Å²) in [6, 6.07) is 6.00. The molecule has 3 N–H and O–H groups in total. The van der Waals surface area contributed by atoms with Crippen LogP contribution in [0.1, 0.15) is 5.69 Å². The van der Waals surface area contributed by atoms with Gasteiger partial charge in [-0.2, -0.15) is 0 Å². The van der Waals surface area contributed by atoms with Crippen molar-refractivity contribution in [2.75, 3.05) is 10.5 Å². The van der Waals surface area contributed by atoms with E-state index in [1.807, 2.05) is 0 Å². The molecule has 0 aliphatic heterocycles. The molecule has 2 rings (SSSR count). The Bertz CT molecular complexity index is 623. The summed E-state index contributed by atoms with van der Waals surface area (Å²) in [6.07, 6.45) is 0. The predicted octanol–water partition coefficient (Wildman–Crippen LogP) is -1.16. The fourth-order valence-corrected chi connectivity index (χ4v) is 3.16. The van der Waals surface area contributed by atoms with Crippen molar-refractivity contribution in [3.8, 4) is 0 Å². The smallest absolute Gasteiger partial charge is 0.399 e. The number of nitrogens with zero attached hydrogens (tertiary/aromatic N) is 1. The second-order valence-corrected chi connectivity index (χ2v) is 6.01. The van der Waals surface area contributed by atoms with Crippen molar-refractivity contribution in [1.29, 1.82) is 0 Å².